The highest BCUT2D eigenvalue weighted by Gasteiger charge is 2.32. The molecule has 1 aromatic carbocycles. The number of carbonyl (C=O) groups is 2. The molecule has 0 bridgehead atoms. The monoisotopic (exact) mass is 414 g/mol. The lowest BCUT2D eigenvalue weighted by Gasteiger charge is -2.37. The summed E-state index contributed by atoms with van der Waals surface area (Å²) in [5, 5.41) is 9.84. The van der Waals surface area contributed by atoms with Gasteiger partial charge in [-0.15, -0.1) is 0 Å². The number of amides is 2. The average Bonchev–Trinajstić information content (AvgIpc) is 2.98. The molecule has 0 spiro atoms. The number of carbonyl (C=O) groups excluding carboxylic acids is 2. The molecule has 8 heteroatoms. The van der Waals surface area contributed by atoms with Crippen LogP contribution >= 0.6 is 0 Å². The molecule has 4 rings (SSSR count). The van der Waals surface area contributed by atoms with Crippen molar-refractivity contribution in [3.63, 3.8) is 0 Å². The second-order valence-electron chi connectivity index (χ2n) is 8.67. The van der Waals surface area contributed by atoms with E-state index in [4.69, 9.17) is 0 Å². The Morgan fingerprint density at radius 1 is 1.00 bits per heavy atom. The number of piperazine rings is 1. The number of hydrogen-bond donors (Lipinski definition) is 1. The van der Waals surface area contributed by atoms with E-state index in [1.54, 1.807) is 46.2 Å². The second-order valence-corrected chi connectivity index (χ2v) is 8.67. The molecule has 2 fully saturated rings. The van der Waals surface area contributed by atoms with E-state index in [1.807, 2.05) is 4.90 Å². The fraction of sp³-hybridized carbons (Fsp3) is 0.591. The standard InChI is InChI=1S/C22H30N4O4/c1-15(27)24-9-11-25(12-10-24)21(29)17-5-3-16(4-6-17)14-26-20-13-18(28)7-8-19(20)23(2)22(26)30/h7-8,13,16-17,28H,3-6,9-12,14H2,1-2H3/t16-,17-. The molecular weight excluding hydrogens is 384 g/mol. The lowest BCUT2D eigenvalue weighted by atomic mass is 9.81. The third-order valence-electron chi connectivity index (χ3n) is 6.80. The van der Waals surface area contributed by atoms with Gasteiger partial charge in [0.05, 0.1) is 11.0 Å². The topological polar surface area (TPSA) is 87.8 Å². The Morgan fingerprint density at radius 2 is 1.63 bits per heavy atom. The van der Waals surface area contributed by atoms with Crippen LogP contribution in [0.25, 0.3) is 11.0 Å². The van der Waals surface area contributed by atoms with Gasteiger partial charge in [0.1, 0.15) is 5.75 Å². The fourth-order valence-electron chi connectivity index (χ4n) is 4.93. The molecule has 2 heterocycles. The summed E-state index contributed by atoms with van der Waals surface area (Å²) >= 11 is 0. The number of aromatic nitrogens is 2. The number of hydrogen-bond acceptors (Lipinski definition) is 4. The smallest absolute Gasteiger partial charge is 0.328 e. The van der Waals surface area contributed by atoms with Gasteiger partial charge in [0.15, 0.2) is 0 Å². The van der Waals surface area contributed by atoms with E-state index in [0.29, 0.717) is 38.6 Å². The number of benzene rings is 1. The van der Waals surface area contributed by atoms with E-state index in [2.05, 4.69) is 0 Å². The molecule has 1 N–H and O–H groups in total. The maximum atomic E-state index is 12.9. The highest BCUT2D eigenvalue weighted by molar-refractivity contribution is 5.80. The van der Waals surface area contributed by atoms with Gasteiger partial charge in [-0.1, -0.05) is 0 Å². The van der Waals surface area contributed by atoms with Gasteiger partial charge >= 0.3 is 5.69 Å². The number of aromatic hydroxyl groups is 1. The third kappa shape index (κ3) is 3.82. The van der Waals surface area contributed by atoms with Gasteiger partial charge in [-0.2, -0.15) is 0 Å². The van der Waals surface area contributed by atoms with E-state index >= 15 is 0 Å². The number of rotatable bonds is 3. The van der Waals surface area contributed by atoms with Gasteiger partial charge < -0.3 is 14.9 Å². The van der Waals surface area contributed by atoms with Crippen LogP contribution in [0.15, 0.2) is 23.0 Å². The molecule has 1 aliphatic heterocycles. The van der Waals surface area contributed by atoms with Crippen LogP contribution in [-0.4, -0.2) is 62.0 Å². The number of aryl methyl sites for hydroxylation is 1. The van der Waals surface area contributed by atoms with E-state index < -0.39 is 0 Å². The molecule has 162 valence electrons. The minimum absolute atomic E-state index is 0.0402. The normalized spacial score (nSPS) is 22.5. The number of fused-ring (bicyclic) bond motifs is 1. The summed E-state index contributed by atoms with van der Waals surface area (Å²) in [6, 6.07) is 5.01. The minimum Gasteiger partial charge on any atom is -0.508 e. The summed E-state index contributed by atoms with van der Waals surface area (Å²) in [5.41, 5.74) is 1.49. The largest absolute Gasteiger partial charge is 0.508 e. The van der Waals surface area contributed by atoms with Crippen LogP contribution < -0.4 is 5.69 Å². The summed E-state index contributed by atoms with van der Waals surface area (Å²) in [5.74, 6) is 0.817. The molecule has 1 aromatic heterocycles. The maximum Gasteiger partial charge on any atom is 0.328 e. The van der Waals surface area contributed by atoms with Crippen molar-refractivity contribution in [3.05, 3.63) is 28.7 Å². The molecule has 2 amide bonds. The lowest BCUT2D eigenvalue weighted by Crippen LogP contribution is -2.51. The summed E-state index contributed by atoms with van der Waals surface area (Å²) in [7, 11) is 1.75. The van der Waals surface area contributed by atoms with Crippen LogP contribution in [-0.2, 0) is 23.2 Å². The molecule has 2 aliphatic rings. The fourth-order valence-corrected chi connectivity index (χ4v) is 4.93. The van der Waals surface area contributed by atoms with Gasteiger partial charge in [0, 0.05) is 58.7 Å². The zero-order valence-electron chi connectivity index (χ0n) is 17.7. The van der Waals surface area contributed by atoms with Crippen molar-refractivity contribution in [2.75, 3.05) is 26.2 Å². The van der Waals surface area contributed by atoms with Gasteiger partial charge in [0.2, 0.25) is 11.8 Å². The van der Waals surface area contributed by atoms with Gasteiger partial charge in [-0.25, -0.2) is 4.79 Å². The van der Waals surface area contributed by atoms with Gasteiger partial charge in [-0.05, 0) is 43.7 Å². The Balaban J connectivity index is 1.37. The number of phenols is 1. The first-order valence-corrected chi connectivity index (χ1v) is 10.8. The molecule has 1 saturated carbocycles. The summed E-state index contributed by atoms with van der Waals surface area (Å²) in [6.45, 7) is 4.65. The van der Waals surface area contributed by atoms with E-state index in [1.165, 1.54) is 0 Å². The van der Waals surface area contributed by atoms with Crippen LogP contribution in [0, 0.1) is 11.8 Å². The zero-order chi connectivity index (χ0) is 21.4. The summed E-state index contributed by atoms with van der Waals surface area (Å²) in [6.07, 6.45) is 3.49. The molecule has 8 nitrogen and oxygen atoms in total. The number of imidazole rings is 1. The first-order valence-electron chi connectivity index (χ1n) is 10.8. The first kappa shape index (κ1) is 20.5. The predicted octanol–water partition coefficient (Wildman–Crippen LogP) is 1.54. The van der Waals surface area contributed by atoms with Crippen LogP contribution in [0.2, 0.25) is 0 Å². The molecule has 1 aliphatic carbocycles. The van der Waals surface area contributed by atoms with E-state index in [9.17, 15) is 19.5 Å². The van der Waals surface area contributed by atoms with Crippen molar-refractivity contribution in [2.24, 2.45) is 18.9 Å². The lowest BCUT2D eigenvalue weighted by molar-refractivity contribution is -0.142. The Labute approximate surface area is 175 Å². The van der Waals surface area contributed by atoms with Crippen LogP contribution in [0.1, 0.15) is 32.6 Å². The summed E-state index contributed by atoms with van der Waals surface area (Å²) in [4.78, 5) is 40.8. The Morgan fingerprint density at radius 3 is 2.27 bits per heavy atom. The van der Waals surface area contributed by atoms with Crippen LogP contribution in [0.3, 0.4) is 0 Å². The molecule has 30 heavy (non-hydrogen) atoms. The quantitative estimate of drug-likeness (QED) is 0.825. The van der Waals surface area contributed by atoms with Crippen LogP contribution in [0.4, 0.5) is 0 Å². The highest BCUT2D eigenvalue weighted by atomic mass is 16.3. The van der Waals surface area contributed by atoms with E-state index in [-0.39, 0.29) is 29.2 Å². The number of nitrogens with zero attached hydrogens (tertiary/aromatic N) is 4. The first-order chi connectivity index (χ1) is 14.3. The molecule has 0 atom stereocenters. The van der Waals surface area contributed by atoms with Crippen molar-refractivity contribution in [2.45, 2.75) is 39.2 Å². The Kier molecular flexibility index (Phi) is 5.58. The van der Waals surface area contributed by atoms with E-state index in [0.717, 1.165) is 36.7 Å². The zero-order valence-corrected chi connectivity index (χ0v) is 17.7. The maximum absolute atomic E-state index is 12.9. The third-order valence-corrected chi connectivity index (χ3v) is 6.80. The number of phenolic OH excluding ortho intramolecular Hbond substituents is 1. The van der Waals surface area contributed by atoms with Crippen molar-refractivity contribution >= 4 is 22.8 Å². The average molecular weight is 415 g/mol. The summed E-state index contributed by atoms with van der Waals surface area (Å²) < 4.78 is 3.37. The van der Waals surface area contributed by atoms with Crippen LogP contribution in [0.5, 0.6) is 5.75 Å². The molecular formula is C22H30N4O4. The Hall–Kier alpha value is -2.77. The minimum atomic E-state index is -0.0721. The molecule has 1 saturated heterocycles. The van der Waals surface area contributed by atoms with Crippen molar-refractivity contribution in [3.8, 4) is 5.75 Å². The van der Waals surface area contributed by atoms with Crippen molar-refractivity contribution < 1.29 is 14.7 Å². The molecule has 0 radical (unpaired) electrons. The van der Waals surface area contributed by atoms with Crippen molar-refractivity contribution in [1.82, 2.24) is 18.9 Å². The molecule has 2 aromatic rings. The predicted molar refractivity (Wildman–Crippen MR) is 113 cm³/mol. The van der Waals surface area contributed by atoms with Gasteiger partial charge in [0.25, 0.3) is 0 Å². The molecule has 0 unspecified atom stereocenters. The van der Waals surface area contributed by atoms with Crippen molar-refractivity contribution in [1.29, 1.82) is 0 Å². The highest BCUT2D eigenvalue weighted by Crippen LogP contribution is 2.32. The SMILES string of the molecule is CC(=O)N1CCN(C(=O)[C@H]2CC[C@H](Cn3c(=O)n(C)c4ccc(O)cc43)CC2)CC1. The Bertz CT molecular complexity index is 1010. The van der Waals surface area contributed by atoms with Gasteiger partial charge in [-0.3, -0.25) is 18.7 Å². The second kappa shape index (κ2) is 8.16.